The third-order valence-corrected chi connectivity index (χ3v) is 4.18. The van der Waals surface area contributed by atoms with E-state index >= 15 is 0 Å². The van der Waals surface area contributed by atoms with Gasteiger partial charge in [-0.25, -0.2) is 13.6 Å². The third-order valence-electron chi connectivity index (χ3n) is 4.18. The molecule has 0 aliphatic carbocycles. The molecular weight excluding hydrogens is 399 g/mol. The third kappa shape index (κ3) is 5.57. The molecule has 1 heterocycles. The van der Waals surface area contributed by atoms with E-state index in [1.165, 1.54) is 17.0 Å². The van der Waals surface area contributed by atoms with Crippen molar-refractivity contribution in [3.05, 3.63) is 59.7 Å². The molecule has 2 amide bonds. The first-order valence-corrected chi connectivity index (χ1v) is 8.65. The smallest absolute Gasteiger partial charge is 0.416 e. The predicted molar refractivity (Wildman–Crippen MR) is 93.6 cm³/mol. The molecule has 29 heavy (non-hydrogen) atoms. The number of benzene rings is 2. The van der Waals surface area contributed by atoms with Gasteiger partial charge in [-0.15, -0.1) is 0 Å². The molecular formula is C19H17F5N2O3. The number of nitrogens with one attached hydrogen (secondary N) is 1. The normalized spacial score (nSPS) is 17.6. The van der Waals surface area contributed by atoms with Crippen LogP contribution in [0, 0.1) is 11.6 Å². The predicted octanol–water partition coefficient (Wildman–Crippen LogP) is 4.30. The van der Waals surface area contributed by atoms with Gasteiger partial charge >= 0.3 is 12.2 Å². The summed E-state index contributed by atoms with van der Waals surface area (Å²) >= 11 is 0. The average molecular weight is 416 g/mol. The Labute approximate surface area is 163 Å². The number of urea groups is 1. The van der Waals surface area contributed by atoms with Crippen molar-refractivity contribution in [2.45, 2.75) is 12.3 Å². The SMILES string of the molecule is O=C(Nc1ccc(F)cc1F)N1CCOCC(Oc2ccc(C(F)(F)F)cc2)C1. The number of halogens is 5. The minimum atomic E-state index is -4.45. The van der Waals surface area contributed by atoms with Gasteiger partial charge in [0, 0.05) is 12.6 Å². The standard InChI is InChI=1S/C19H17F5N2O3/c20-13-3-6-17(16(21)9-13)25-18(27)26-7-8-28-11-15(10-26)29-14-4-1-12(2-5-14)19(22,23)24/h1-6,9,15H,7-8,10-11H2,(H,25,27). The van der Waals surface area contributed by atoms with Crippen molar-refractivity contribution >= 4 is 11.7 Å². The quantitative estimate of drug-likeness (QED) is 0.760. The Hall–Kier alpha value is -2.88. The summed E-state index contributed by atoms with van der Waals surface area (Å²) in [7, 11) is 0. The molecule has 1 unspecified atom stereocenters. The molecule has 5 nitrogen and oxygen atoms in total. The average Bonchev–Trinajstić information content (AvgIpc) is 2.89. The number of carbonyl (C=O) groups is 1. The lowest BCUT2D eigenvalue weighted by Crippen LogP contribution is -2.42. The summed E-state index contributed by atoms with van der Waals surface area (Å²) in [6.07, 6.45) is -5.09. The number of carbonyl (C=O) groups excluding carboxylic acids is 1. The van der Waals surface area contributed by atoms with E-state index in [4.69, 9.17) is 9.47 Å². The Morgan fingerprint density at radius 3 is 2.52 bits per heavy atom. The van der Waals surface area contributed by atoms with Crippen LogP contribution in [0.3, 0.4) is 0 Å². The maximum absolute atomic E-state index is 13.7. The highest BCUT2D eigenvalue weighted by molar-refractivity contribution is 5.89. The number of nitrogens with zero attached hydrogens (tertiary/aromatic N) is 1. The van der Waals surface area contributed by atoms with Gasteiger partial charge in [0.15, 0.2) is 0 Å². The van der Waals surface area contributed by atoms with Gasteiger partial charge in [0.25, 0.3) is 0 Å². The first kappa shape index (κ1) is 20.8. The van der Waals surface area contributed by atoms with Crippen LogP contribution in [0.2, 0.25) is 0 Å². The van der Waals surface area contributed by atoms with E-state index in [1.54, 1.807) is 0 Å². The van der Waals surface area contributed by atoms with Crippen molar-refractivity contribution in [2.75, 3.05) is 31.6 Å². The van der Waals surface area contributed by atoms with Crippen LogP contribution in [0.5, 0.6) is 5.75 Å². The maximum atomic E-state index is 13.7. The molecule has 2 aromatic rings. The maximum Gasteiger partial charge on any atom is 0.416 e. The van der Waals surface area contributed by atoms with Gasteiger partial charge in [-0.2, -0.15) is 13.2 Å². The number of hydrogen-bond acceptors (Lipinski definition) is 3. The fourth-order valence-corrected chi connectivity index (χ4v) is 2.74. The van der Waals surface area contributed by atoms with Crippen LogP contribution < -0.4 is 10.1 Å². The molecule has 0 spiro atoms. The van der Waals surface area contributed by atoms with Crippen molar-refractivity contribution in [2.24, 2.45) is 0 Å². The minimum absolute atomic E-state index is 0.0651. The summed E-state index contributed by atoms with van der Waals surface area (Å²) in [5, 5.41) is 2.35. The molecule has 1 atom stereocenters. The zero-order valence-electron chi connectivity index (χ0n) is 15.0. The molecule has 0 saturated carbocycles. The fourth-order valence-electron chi connectivity index (χ4n) is 2.74. The summed E-state index contributed by atoms with van der Waals surface area (Å²) in [6, 6.07) is 6.30. The Morgan fingerprint density at radius 1 is 1.14 bits per heavy atom. The summed E-state index contributed by atoms with van der Waals surface area (Å²) in [4.78, 5) is 13.8. The first-order chi connectivity index (χ1) is 13.7. The number of hydrogen-bond donors (Lipinski definition) is 1. The largest absolute Gasteiger partial charge is 0.486 e. The number of rotatable bonds is 3. The van der Waals surface area contributed by atoms with Crippen LogP contribution in [0.4, 0.5) is 32.4 Å². The zero-order chi connectivity index (χ0) is 21.0. The molecule has 1 saturated heterocycles. The Balaban J connectivity index is 1.64. The Kier molecular flexibility index (Phi) is 6.21. The summed E-state index contributed by atoms with van der Waals surface area (Å²) in [5.41, 5.74) is -0.980. The molecule has 0 bridgehead atoms. The van der Waals surface area contributed by atoms with Gasteiger partial charge in [0.1, 0.15) is 23.5 Å². The molecule has 0 aromatic heterocycles. The number of amides is 2. The van der Waals surface area contributed by atoms with Gasteiger partial charge in [-0.05, 0) is 36.4 Å². The number of anilines is 1. The second-order valence-electron chi connectivity index (χ2n) is 6.34. The van der Waals surface area contributed by atoms with Gasteiger partial charge in [0.2, 0.25) is 0 Å². The van der Waals surface area contributed by atoms with Crippen LogP contribution in [-0.4, -0.2) is 43.3 Å². The van der Waals surface area contributed by atoms with Gasteiger partial charge < -0.3 is 19.7 Å². The molecule has 156 valence electrons. The lowest BCUT2D eigenvalue weighted by molar-refractivity contribution is -0.137. The molecule has 1 N–H and O–H groups in total. The van der Waals surface area contributed by atoms with Gasteiger partial charge in [0.05, 0.1) is 31.0 Å². The van der Waals surface area contributed by atoms with E-state index in [-0.39, 0.29) is 37.7 Å². The highest BCUT2D eigenvalue weighted by atomic mass is 19.4. The van der Waals surface area contributed by atoms with Crippen molar-refractivity contribution in [1.82, 2.24) is 4.90 Å². The Bertz CT molecular complexity index is 858. The van der Waals surface area contributed by atoms with Crippen LogP contribution >= 0.6 is 0 Å². The van der Waals surface area contributed by atoms with E-state index < -0.39 is 35.5 Å². The second kappa shape index (κ2) is 8.64. The zero-order valence-corrected chi connectivity index (χ0v) is 15.0. The van der Waals surface area contributed by atoms with Crippen molar-refractivity contribution in [3.8, 4) is 5.75 Å². The lowest BCUT2D eigenvalue weighted by Gasteiger charge is -2.24. The summed E-state index contributed by atoms with van der Waals surface area (Å²) < 4.78 is 75.7. The highest BCUT2D eigenvalue weighted by Crippen LogP contribution is 2.30. The first-order valence-electron chi connectivity index (χ1n) is 8.65. The minimum Gasteiger partial charge on any atom is -0.486 e. The lowest BCUT2D eigenvalue weighted by atomic mass is 10.2. The monoisotopic (exact) mass is 416 g/mol. The molecule has 10 heteroatoms. The van der Waals surface area contributed by atoms with E-state index in [2.05, 4.69) is 5.32 Å². The number of alkyl halides is 3. The van der Waals surface area contributed by atoms with Gasteiger partial charge in [-0.3, -0.25) is 0 Å². The van der Waals surface area contributed by atoms with E-state index in [0.29, 0.717) is 6.07 Å². The molecule has 3 rings (SSSR count). The molecule has 0 radical (unpaired) electrons. The fraction of sp³-hybridized carbons (Fsp3) is 0.316. The van der Waals surface area contributed by atoms with Crippen molar-refractivity contribution in [1.29, 1.82) is 0 Å². The van der Waals surface area contributed by atoms with E-state index in [1.807, 2.05) is 0 Å². The van der Waals surface area contributed by atoms with E-state index in [9.17, 15) is 26.7 Å². The van der Waals surface area contributed by atoms with Crippen LogP contribution in [0.25, 0.3) is 0 Å². The Morgan fingerprint density at radius 2 is 1.86 bits per heavy atom. The van der Waals surface area contributed by atoms with Crippen LogP contribution in [0.1, 0.15) is 5.56 Å². The van der Waals surface area contributed by atoms with Crippen LogP contribution in [-0.2, 0) is 10.9 Å². The summed E-state index contributed by atoms with van der Waals surface area (Å²) in [5.74, 6) is -1.49. The van der Waals surface area contributed by atoms with E-state index in [0.717, 1.165) is 24.3 Å². The number of ether oxygens (including phenoxy) is 2. The molecule has 1 fully saturated rings. The molecule has 1 aliphatic heterocycles. The molecule has 1 aliphatic rings. The van der Waals surface area contributed by atoms with Crippen molar-refractivity contribution < 1.29 is 36.2 Å². The summed E-state index contributed by atoms with van der Waals surface area (Å²) in [6.45, 7) is 0.582. The second-order valence-corrected chi connectivity index (χ2v) is 6.34. The highest BCUT2D eigenvalue weighted by Gasteiger charge is 2.30. The topological polar surface area (TPSA) is 50.8 Å². The molecule has 2 aromatic carbocycles. The van der Waals surface area contributed by atoms with Crippen molar-refractivity contribution in [3.63, 3.8) is 0 Å². The van der Waals surface area contributed by atoms with Crippen LogP contribution in [0.15, 0.2) is 42.5 Å². The van der Waals surface area contributed by atoms with Gasteiger partial charge in [-0.1, -0.05) is 0 Å².